The largest absolute Gasteiger partial charge is 0.448 e. The van der Waals surface area contributed by atoms with Crippen LogP contribution in [0.4, 0.5) is 4.39 Å². The molecule has 1 aromatic heterocycles. The molecular weight excluding hydrogens is 343 g/mol. The number of fused-ring (bicyclic) bond motifs is 1. The van der Waals surface area contributed by atoms with Crippen molar-refractivity contribution in [1.82, 2.24) is 5.32 Å². The van der Waals surface area contributed by atoms with Gasteiger partial charge >= 0.3 is 0 Å². The van der Waals surface area contributed by atoms with E-state index in [-0.39, 0.29) is 17.3 Å². The van der Waals surface area contributed by atoms with Crippen molar-refractivity contribution in [3.8, 4) is 0 Å². The van der Waals surface area contributed by atoms with Crippen LogP contribution in [0.25, 0.3) is 11.0 Å². The molecule has 3 aromatic rings. The first kappa shape index (κ1) is 17.7. The van der Waals surface area contributed by atoms with E-state index in [9.17, 15) is 9.18 Å². The maximum atomic E-state index is 13.9. The van der Waals surface area contributed by atoms with Crippen LogP contribution in [0.15, 0.2) is 46.9 Å². The highest BCUT2D eigenvalue weighted by Gasteiger charge is 2.20. The van der Waals surface area contributed by atoms with Gasteiger partial charge in [-0.1, -0.05) is 36.4 Å². The molecule has 1 aliphatic heterocycles. The molecule has 0 radical (unpaired) electrons. The van der Waals surface area contributed by atoms with Gasteiger partial charge in [0.2, 0.25) is 0 Å². The highest BCUT2D eigenvalue weighted by molar-refractivity contribution is 5.98. The fraction of sp³-hybridized carbons (Fsp3) is 0.318. The van der Waals surface area contributed by atoms with Gasteiger partial charge in [0.1, 0.15) is 6.54 Å². The second kappa shape index (κ2) is 7.53. The molecule has 4 nitrogen and oxygen atoms in total. The molecule has 0 aliphatic carbocycles. The van der Waals surface area contributed by atoms with Crippen molar-refractivity contribution in [2.24, 2.45) is 0 Å². The van der Waals surface area contributed by atoms with Gasteiger partial charge in [0.25, 0.3) is 5.91 Å². The van der Waals surface area contributed by atoms with E-state index in [1.54, 1.807) is 24.0 Å². The van der Waals surface area contributed by atoms with Crippen LogP contribution in [0.3, 0.4) is 0 Å². The summed E-state index contributed by atoms with van der Waals surface area (Å²) < 4.78 is 19.4. The molecular formula is C22H24FN2O2+. The topological polar surface area (TPSA) is 46.7 Å². The Labute approximate surface area is 158 Å². The van der Waals surface area contributed by atoms with Gasteiger partial charge in [-0.25, -0.2) is 4.39 Å². The predicted molar refractivity (Wildman–Crippen MR) is 102 cm³/mol. The van der Waals surface area contributed by atoms with Crippen LogP contribution >= 0.6 is 0 Å². The van der Waals surface area contributed by atoms with Gasteiger partial charge in [-0.05, 0) is 18.6 Å². The molecule has 1 saturated heterocycles. The summed E-state index contributed by atoms with van der Waals surface area (Å²) in [5.41, 5.74) is 3.18. The van der Waals surface area contributed by atoms with Crippen molar-refractivity contribution >= 4 is 16.9 Å². The predicted octanol–water partition coefficient (Wildman–Crippen LogP) is 2.99. The average molecular weight is 367 g/mol. The Balaban J connectivity index is 1.50. The summed E-state index contributed by atoms with van der Waals surface area (Å²) in [5.74, 6) is -0.585. The molecule has 0 saturated carbocycles. The first-order valence-electron chi connectivity index (χ1n) is 9.49. The maximum Gasteiger partial charge on any atom is 0.287 e. The van der Waals surface area contributed by atoms with Gasteiger partial charge in [0.05, 0.1) is 13.1 Å². The van der Waals surface area contributed by atoms with E-state index >= 15 is 0 Å². The summed E-state index contributed by atoms with van der Waals surface area (Å²) >= 11 is 0. The molecule has 2 N–H and O–H groups in total. The van der Waals surface area contributed by atoms with E-state index in [0.29, 0.717) is 17.5 Å². The van der Waals surface area contributed by atoms with Crippen LogP contribution in [0.2, 0.25) is 0 Å². The van der Waals surface area contributed by atoms with Gasteiger partial charge < -0.3 is 14.6 Å². The van der Waals surface area contributed by atoms with E-state index < -0.39 is 5.82 Å². The lowest BCUT2D eigenvalue weighted by atomic mass is 10.1. The molecule has 1 fully saturated rings. The Morgan fingerprint density at radius 3 is 2.59 bits per heavy atom. The quantitative estimate of drug-likeness (QED) is 0.728. The normalized spacial score (nSPS) is 14.7. The third-order valence-electron chi connectivity index (χ3n) is 5.43. The zero-order valence-electron chi connectivity index (χ0n) is 15.5. The molecule has 1 aliphatic rings. The van der Waals surface area contributed by atoms with Crippen LogP contribution in [0.1, 0.15) is 40.1 Å². The first-order valence-corrected chi connectivity index (χ1v) is 9.49. The van der Waals surface area contributed by atoms with Crippen molar-refractivity contribution in [2.75, 3.05) is 13.1 Å². The number of para-hydroxylation sites is 1. The maximum absolute atomic E-state index is 13.9. The SMILES string of the molecule is Cc1c(C(=O)NCc2ccccc2C[NH+]2CCCC2)oc2c(F)cccc12. The highest BCUT2D eigenvalue weighted by atomic mass is 19.1. The molecule has 2 heterocycles. The van der Waals surface area contributed by atoms with Crippen molar-refractivity contribution in [1.29, 1.82) is 0 Å². The summed E-state index contributed by atoms with van der Waals surface area (Å²) in [5, 5.41) is 3.57. The van der Waals surface area contributed by atoms with E-state index in [2.05, 4.69) is 17.4 Å². The lowest BCUT2D eigenvalue weighted by Gasteiger charge is -2.15. The second-order valence-corrected chi connectivity index (χ2v) is 7.26. The number of hydrogen-bond acceptors (Lipinski definition) is 2. The van der Waals surface area contributed by atoms with Crippen molar-refractivity contribution in [2.45, 2.75) is 32.9 Å². The minimum atomic E-state index is -0.450. The van der Waals surface area contributed by atoms with E-state index in [1.165, 1.54) is 37.6 Å². The first-order chi connectivity index (χ1) is 13.1. The molecule has 4 rings (SSSR count). The van der Waals surface area contributed by atoms with Crippen LogP contribution in [0.5, 0.6) is 0 Å². The van der Waals surface area contributed by atoms with Gasteiger partial charge in [-0.15, -0.1) is 0 Å². The van der Waals surface area contributed by atoms with Crippen LogP contribution in [0, 0.1) is 12.7 Å². The third kappa shape index (κ3) is 3.60. The van der Waals surface area contributed by atoms with Crippen LogP contribution < -0.4 is 10.2 Å². The van der Waals surface area contributed by atoms with Crippen LogP contribution in [-0.4, -0.2) is 19.0 Å². The molecule has 0 atom stereocenters. The Hall–Kier alpha value is -2.66. The second-order valence-electron chi connectivity index (χ2n) is 7.26. The zero-order chi connectivity index (χ0) is 18.8. The van der Waals surface area contributed by atoms with Gasteiger partial charge in [-0.2, -0.15) is 0 Å². The summed E-state index contributed by atoms with van der Waals surface area (Å²) in [7, 11) is 0. The van der Waals surface area contributed by atoms with E-state index in [0.717, 1.165) is 12.1 Å². The molecule has 5 heteroatoms. The lowest BCUT2D eigenvalue weighted by molar-refractivity contribution is -0.901. The Morgan fingerprint density at radius 1 is 1.11 bits per heavy atom. The van der Waals surface area contributed by atoms with E-state index in [1.807, 2.05) is 12.1 Å². The molecule has 140 valence electrons. The zero-order valence-corrected chi connectivity index (χ0v) is 15.5. The van der Waals surface area contributed by atoms with Gasteiger partial charge in [-0.3, -0.25) is 4.79 Å². The molecule has 1 amide bonds. The standard InChI is InChI=1S/C22H23FN2O2/c1-15-18-9-6-10-19(23)21(18)27-20(15)22(26)24-13-16-7-2-3-8-17(16)14-25-11-4-5-12-25/h2-3,6-10H,4-5,11-14H2,1H3,(H,24,26)/p+1. The fourth-order valence-electron chi connectivity index (χ4n) is 3.90. The molecule has 27 heavy (non-hydrogen) atoms. The van der Waals surface area contributed by atoms with E-state index in [4.69, 9.17) is 4.42 Å². The Morgan fingerprint density at radius 2 is 1.85 bits per heavy atom. The van der Waals surface area contributed by atoms with Gasteiger partial charge in [0.15, 0.2) is 17.2 Å². The Bertz CT molecular complexity index is 974. The number of quaternary nitrogens is 1. The minimum absolute atomic E-state index is 0.137. The fourth-order valence-corrected chi connectivity index (χ4v) is 3.90. The summed E-state index contributed by atoms with van der Waals surface area (Å²) in [4.78, 5) is 14.2. The summed E-state index contributed by atoms with van der Waals surface area (Å²) in [6, 6.07) is 12.9. The lowest BCUT2D eigenvalue weighted by Crippen LogP contribution is -3.08. The molecule has 2 aromatic carbocycles. The summed E-state index contributed by atoms with van der Waals surface area (Å²) in [6.07, 6.45) is 2.58. The number of carbonyl (C=O) groups is 1. The third-order valence-corrected chi connectivity index (χ3v) is 5.43. The number of amides is 1. The van der Waals surface area contributed by atoms with Gasteiger partial charge in [0, 0.05) is 35.9 Å². The number of halogens is 1. The number of likely N-dealkylation sites (tertiary alicyclic amines) is 1. The number of furan rings is 1. The average Bonchev–Trinajstić information content (AvgIpc) is 3.30. The smallest absolute Gasteiger partial charge is 0.287 e. The van der Waals surface area contributed by atoms with Crippen molar-refractivity contribution < 1.29 is 18.5 Å². The number of nitrogens with one attached hydrogen (secondary N) is 2. The number of benzene rings is 2. The summed E-state index contributed by atoms with van der Waals surface area (Å²) in [6.45, 7) is 5.63. The number of hydrogen-bond donors (Lipinski definition) is 2. The van der Waals surface area contributed by atoms with Crippen molar-refractivity contribution in [3.63, 3.8) is 0 Å². The number of carbonyl (C=O) groups excluding carboxylic acids is 1. The number of aryl methyl sites for hydroxylation is 1. The highest BCUT2D eigenvalue weighted by Crippen LogP contribution is 2.27. The molecule has 0 bridgehead atoms. The molecule has 0 unspecified atom stereocenters. The molecule has 0 spiro atoms. The van der Waals surface area contributed by atoms with Crippen LogP contribution in [-0.2, 0) is 13.1 Å². The van der Waals surface area contributed by atoms with Crippen molar-refractivity contribution in [3.05, 3.63) is 70.7 Å². The minimum Gasteiger partial charge on any atom is -0.448 e. The monoisotopic (exact) mass is 367 g/mol. The Kier molecular flexibility index (Phi) is 4.94. The number of rotatable bonds is 5.